The number of alkyl halides is 3. The van der Waals surface area contributed by atoms with Gasteiger partial charge in [-0.05, 0) is 12.1 Å². The van der Waals surface area contributed by atoms with E-state index in [1.807, 2.05) is 0 Å². The van der Waals surface area contributed by atoms with E-state index in [9.17, 15) is 13.2 Å². The molecule has 0 saturated carbocycles. The van der Waals surface area contributed by atoms with Crippen molar-refractivity contribution < 1.29 is 17.9 Å². The number of nitrogens with zero attached hydrogens (tertiary/aromatic N) is 1. The summed E-state index contributed by atoms with van der Waals surface area (Å²) in [6, 6.07) is 3.45. The van der Waals surface area contributed by atoms with E-state index >= 15 is 0 Å². The van der Waals surface area contributed by atoms with Gasteiger partial charge in [-0.15, -0.1) is 0 Å². The summed E-state index contributed by atoms with van der Waals surface area (Å²) >= 11 is 0. The number of aromatic nitrogens is 1. The summed E-state index contributed by atoms with van der Waals surface area (Å²) < 4.78 is 39.4. The number of hydrogen-bond donors (Lipinski definition) is 1. The fourth-order valence-electron chi connectivity index (χ4n) is 0.925. The lowest BCUT2D eigenvalue weighted by atomic mass is 10.4. The molecule has 3 nitrogen and oxygen atoms in total. The maximum absolute atomic E-state index is 11.7. The standard InChI is InChI=1S/C9H11F3N2O/c10-9(11,12)7-15-6-5-14-8-1-3-13-4-2-8/h1-4H,5-7H2,(H,13,14). The number of anilines is 1. The summed E-state index contributed by atoms with van der Waals surface area (Å²) in [5.74, 6) is 0. The van der Waals surface area contributed by atoms with Crippen LogP contribution in [0.15, 0.2) is 24.5 Å². The van der Waals surface area contributed by atoms with Crippen molar-refractivity contribution in [3.63, 3.8) is 0 Å². The van der Waals surface area contributed by atoms with Gasteiger partial charge in [-0.2, -0.15) is 13.2 Å². The minimum Gasteiger partial charge on any atom is -0.383 e. The van der Waals surface area contributed by atoms with Crippen molar-refractivity contribution >= 4 is 5.69 Å². The lowest BCUT2D eigenvalue weighted by Crippen LogP contribution is -2.20. The van der Waals surface area contributed by atoms with Crippen molar-refractivity contribution in [1.82, 2.24) is 4.98 Å². The zero-order chi connectivity index (χ0) is 11.1. The van der Waals surface area contributed by atoms with Crippen molar-refractivity contribution in [3.05, 3.63) is 24.5 Å². The summed E-state index contributed by atoms with van der Waals surface area (Å²) in [4.78, 5) is 3.80. The molecule has 0 saturated heterocycles. The predicted molar refractivity (Wildman–Crippen MR) is 49.6 cm³/mol. The van der Waals surface area contributed by atoms with Crippen LogP contribution < -0.4 is 5.32 Å². The Labute approximate surface area is 85.3 Å². The number of halogens is 3. The Balaban J connectivity index is 2.08. The van der Waals surface area contributed by atoms with Crippen LogP contribution in [-0.2, 0) is 4.74 Å². The van der Waals surface area contributed by atoms with E-state index in [0.29, 0.717) is 6.54 Å². The van der Waals surface area contributed by atoms with Crippen molar-refractivity contribution in [2.24, 2.45) is 0 Å². The minimum atomic E-state index is -4.25. The smallest absolute Gasteiger partial charge is 0.383 e. The summed E-state index contributed by atoms with van der Waals surface area (Å²) in [6.45, 7) is -0.854. The van der Waals surface area contributed by atoms with E-state index in [1.165, 1.54) is 0 Å². The van der Waals surface area contributed by atoms with Crippen LogP contribution in [0.4, 0.5) is 18.9 Å². The summed E-state index contributed by atoms with van der Waals surface area (Å²) in [6.07, 6.45) is -1.06. The van der Waals surface area contributed by atoms with Gasteiger partial charge in [0.05, 0.1) is 6.61 Å². The van der Waals surface area contributed by atoms with E-state index in [2.05, 4.69) is 15.0 Å². The first-order valence-electron chi connectivity index (χ1n) is 4.36. The molecule has 15 heavy (non-hydrogen) atoms. The zero-order valence-corrected chi connectivity index (χ0v) is 7.92. The molecule has 0 aliphatic heterocycles. The fourth-order valence-corrected chi connectivity index (χ4v) is 0.925. The zero-order valence-electron chi connectivity index (χ0n) is 7.92. The summed E-state index contributed by atoms with van der Waals surface area (Å²) in [7, 11) is 0. The SMILES string of the molecule is FC(F)(F)COCCNc1ccncc1. The van der Waals surface area contributed by atoms with Crippen LogP contribution in [-0.4, -0.2) is 30.9 Å². The van der Waals surface area contributed by atoms with Gasteiger partial charge in [0, 0.05) is 24.6 Å². The molecule has 1 heterocycles. The van der Waals surface area contributed by atoms with Crippen LogP contribution >= 0.6 is 0 Å². The topological polar surface area (TPSA) is 34.1 Å². The molecule has 0 aliphatic carbocycles. The maximum Gasteiger partial charge on any atom is 0.411 e. The average Bonchev–Trinajstić information content (AvgIpc) is 2.17. The lowest BCUT2D eigenvalue weighted by molar-refractivity contribution is -0.172. The van der Waals surface area contributed by atoms with Crippen molar-refractivity contribution in [3.8, 4) is 0 Å². The molecule has 1 aromatic heterocycles. The van der Waals surface area contributed by atoms with E-state index in [4.69, 9.17) is 0 Å². The third-order valence-electron chi connectivity index (χ3n) is 1.52. The molecule has 0 aliphatic rings. The quantitative estimate of drug-likeness (QED) is 0.771. The van der Waals surface area contributed by atoms with Gasteiger partial charge in [-0.3, -0.25) is 4.98 Å². The van der Waals surface area contributed by atoms with Gasteiger partial charge in [0.25, 0.3) is 0 Å². The van der Waals surface area contributed by atoms with Crippen LogP contribution in [0.3, 0.4) is 0 Å². The molecule has 84 valence electrons. The first-order chi connectivity index (χ1) is 7.08. The van der Waals surface area contributed by atoms with E-state index < -0.39 is 12.8 Å². The highest BCUT2D eigenvalue weighted by atomic mass is 19.4. The Morgan fingerprint density at radius 3 is 2.53 bits per heavy atom. The molecular weight excluding hydrogens is 209 g/mol. The number of rotatable bonds is 5. The van der Waals surface area contributed by atoms with Crippen LogP contribution in [0.1, 0.15) is 0 Å². The van der Waals surface area contributed by atoms with Crippen LogP contribution in [0.2, 0.25) is 0 Å². The molecule has 6 heteroatoms. The molecule has 0 spiro atoms. The largest absolute Gasteiger partial charge is 0.411 e. The molecule has 1 rings (SSSR count). The van der Waals surface area contributed by atoms with Crippen molar-refractivity contribution in [2.75, 3.05) is 25.1 Å². The van der Waals surface area contributed by atoms with Crippen LogP contribution in [0, 0.1) is 0 Å². The second kappa shape index (κ2) is 5.55. The van der Waals surface area contributed by atoms with Gasteiger partial charge in [-0.1, -0.05) is 0 Å². The van der Waals surface area contributed by atoms with Gasteiger partial charge in [0.1, 0.15) is 6.61 Å². The monoisotopic (exact) mass is 220 g/mol. The minimum absolute atomic E-state index is 0.0157. The third kappa shape index (κ3) is 5.90. The highest BCUT2D eigenvalue weighted by molar-refractivity contribution is 5.40. The Morgan fingerprint density at radius 2 is 1.93 bits per heavy atom. The molecule has 0 fully saturated rings. The number of pyridine rings is 1. The number of ether oxygens (including phenoxy) is 1. The Hall–Kier alpha value is -1.30. The Morgan fingerprint density at radius 1 is 1.27 bits per heavy atom. The first kappa shape index (κ1) is 11.8. The number of nitrogens with one attached hydrogen (secondary N) is 1. The van der Waals surface area contributed by atoms with Crippen molar-refractivity contribution in [1.29, 1.82) is 0 Å². The molecule has 0 atom stereocenters. The van der Waals surface area contributed by atoms with Crippen molar-refractivity contribution in [2.45, 2.75) is 6.18 Å². The Kier molecular flexibility index (Phi) is 4.36. The molecule has 0 radical (unpaired) electrons. The Bertz CT molecular complexity index is 276. The van der Waals surface area contributed by atoms with Gasteiger partial charge in [0.2, 0.25) is 0 Å². The molecule has 0 amide bonds. The molecule has 1 aromatic rings. The lowest BCUT2D eigenvalue weighted by Gasteiger charge is -2.08. The highest BCUT2D eigenvalue weighted by Gasteiger charge is 2.27. The molecule has 0 aromatic carbocycles. The summed E-state index contributed by atoms with van der Waals surface area (Å²) in [5.41, 5.74) is 0.806. The second-order valence-corrected chi connectivity index (χ2v) is 2.83. The maximum atomic E-state index is 11.7. The predicted octanol–water partition coefficient (Wildman–Crippen LogP) is 2.07. The van der Waals surface area contributed by atoms with Crippen LogP contribution in [0.25, 0.3) is 0 Å². The van der Waals surface area contributed by atoms with Gasteiger partial charge in [0.15, 0.2) is 0 Å². The fraction of sp³-hybridized carbons (Fsp3) is 0.444. The molecule has 0 bridgehead atoms. The van der Waals surface area contributed by atoms with E-state index in [1.54, 1.807) is 24.5 Å². The normalized spacial score (nSPS) is 11.4. The van der Waals surface area contributed by atoms with Gasteiger partial charge < -0.3 is 10.1 Å². The third-order valence-corrected chi connectivity index (χ3v) is 1.52. The van der Waals surface area contributed by atoms with E-state index in [-0.39, 0.29) is 6.61 Å². The summed E-state index contributed by atoms with van der Waals surface area (Å²) in [5, 5.41) is 2.90. The molecular formula is C9H11F3N2O. The second-order valence-electron chi connectivity index (χ2n) is 2.83. The number of hydrogen-bond acceptors (Lipinski definition) is 3. The van der Waals surface area contributed by atoms with Gasteiger partial charge in [-0.25, -0.2) is 0 Å². The highest BCUT2D eigenvalue weighted by Crippen LogP contribution is 2.14. The first-order valence-corrected chi connectivity index (χ1v) is 4.36. The van der Waals surface area contributed by atoms with E-state index in [0.717, 1.165) is 5.69 Å². The molecule has 1 N–H and O–H groups in total. The van der Waals surface area contributed by atoms with Gasteiger partial charge >= 0.3 is 6.18 Å². The average molecular weight is 220 g/mol. The molecule has 0 unspecified atom stereocenters. The van der Waals surface area contributed by atoms with Crippen LogP contribution in [0.5, 0.6) is 0 Å².